The Balaban J connectivity index is 1.82. The van der Waals surface area contributed by atoms with Crippen LogP contribution in [-0.2, 0) is 16.4 Å². The minimum absolute atomic E-state index is 0.0954. The molecule has 0 radical (unpaired) electrons. The Morgan fingerprint density at radius 3 is 2.29 bits per heavy atom. The SMILES string of the molecule is CCS(=O)(=O)Nc1ccc(CCN2CCN(C)CC2)cc1. The maximum Gasteiger partial charge on any atom is 0.232 e. The van der Waals surface area contributed by atoms with Crippen molar-refractivity contribution in [3.63, 3.8) is 0 Å². The van der Waals surface area contributed by atoms with Gasteiger partial charge in [0.15, 0.2) is 0 Å². The number of piperazine rings is 1. The number of hydrogen-bond donors (Lipinski definition) is 1. The highest BCUT2D eigenvalue weighted by Crippen LogP contribution is 2.12. The molecule has 21 heavy (non-hydrogen) atoms. The summed E-state index contributed by atoms with van der Waals surface area (Å²) in [6.07, 6.45) is 1.00. The van der Waals surface area contributed by atoms with Crippen LogP contribution in [0.5, 0.6) is 0 Å². The van der Waals surface area contributed by atoms with Crippen molar-refractivity contribution in [2.45, 2.75) is 13.3 Å². The maximum absolute atomic E-state index is 11.5. The highest BCUT2D eigenvalue weighted by atomic mass is 32.2. The topological polar surface area (TPSA) is 52.7 Å². The second-order valence-electron chi connectivity index (χ2n) is 5.60. The molecule has 0 aromatic heterocycles. The number of nitrogens with zero attached hydrogens (tertiary/aromatic N) is 2. The lowest BCUT2D eigenvalue weighted by Gasteiger charge is -2.32. The van der Waals surface area contributed by atoms with Gasteiger partial charge in [-0.1, -0.05) is 12.1 Å². The van der Waals surface area contributed by atoms with E-state index >= 15 is 0 Å². The lowest BCUT2D eigenvalue weighted by atomic mass is 10.1. The fourth-order valence-electron chi connectivity index (χ4n) is 2.35. The summed E-state index contributed by atoms with van der Waals surface area (Å²) in [5.41, 5.74) is 1.88. The first-order valence-corrected chi connectivity index (χ1v) is 9.14. The van der Waals surface area contributed by atoms with E-state index in [4.69, 9.17) is 0 Å². The van der Waals surface area contributed by atoms with Gasteiger partial charge in [-0.05, 0) is 38.1 Å². The molecule has 0 saturated carbocycles. The average Bonchev–Trinajstić information content (AvgIpc) is 2.48. The smallest absolute Gasteiger partial charge is 0.232 e. The zero-order valence-electron chi connectivity index (χ0n) is 12.9. The van der Waals surface area contributed by atoms with Crippen LogP contribution in [0.2, 0.25) is 0 Å². The lowest BCUT2D eigenvalue weighted by molar-refractivity contribution is 0.155. The molecule has 5 nitrogen and oxygen atoms in total. The van der Waals surface area contributed by atoms with Crippen LogP contribution in [-0.4, -0.2) is 63.7 Å². The van der Waals surface area contributed by atoms with Crippen LogP contribution in [0.25, 0.3) is 0 Å². The van der Waals surface area contributed by atoms with Gasteiger partial charge in [-0.3, -0.25) is 4.72 Å². The number of hydrogen-bond acceptors (Lipinski definition) is 4. The molecule has 1 saturated heterocycles. The number of anilines is 1. The van der Waals surface area contributed by atoms with E-state index in [1.807, 2.05) is 24.3 Å². The van der Waals surface area contributed by atoms with E-state index in [-0.39, 0.29) is 5.75 Å². The monoisotopic (exact) mass is 311 g/mol. The van der Waals surface area contributed by atoms with Crippen LogP contribution in [0.4, 0.5) is 5.69 Å². The van der Waals surface area contributed by atoms with Crippen LogP contribution < -0.4 is 4.72 Å². The molecule has 1 N–H and O–H groups in total. The Morgan fingerprint density at radius 1 is 1.10 bits per heavy atom. The minimum atomic E-state index is -3.18. The van der Waals surface area contributed by atoms with Gasteiger partial charge >= 0.3 is 0 Å². The van der Waals surface area contributed by atoms with Gasteiger partial charge in [0, 0.05) is 38.4 Å². The molecule has 1 aromatic carbocycles. The maximum atomic E-state index is 11.5. The molecule has 0 spiro atoms. The number of nitrogens with one attached hydrogen (secondary N) is 1. The fourth-order valence-corrected chi connectivity index (χ4v) is 2.99. The largest absolute Gasteiger partial charge is 0.304 e. The van der Waals surface area contributed by atoms with Crippen molar-refractivity contribution < 1.29 is 8.42 Å². The van der Waals surface area contributed by atoms with Crippen molar-refractivity contribution in [2.24, 2.45) is 0 Å². The van der Waals surface area contributed by atoms with Gasteiger partial charge in [-0.2, -0.15) is 0 Å². The summed E-state index contributed by atoms with van der Waals surface area (Å²) in [6, 6.07) is 7.69. The summed E-state index contributed by atoms with van der Waals surface area (Å²) in [5.74, 6) is 0.0954. The molecule has 0 bridgehead atoms. The first kappa shape index (κ1) is 16.3. The number of rotatable bonds is 6. The molecule has 0 unspecified atom stereocenters. The van der Waals surface area contributed by atoms with E-state index in [0.717, 1.165) is 39.1 Å². The quantitative estimate of drug-likeness (QED) is 0.859. The number of likely N-dealkylation sites (N-methyl/N-ethyl adjacent to an activating group) is 1. The van der Waals surface area contributed by atoms with Gasteiger partial charge < -0.3 is 9.80 Å². The summed E-state index contributed by atoms with van der Waals surface area (Å²) >= 11 is 0. The molecular formula is C15H25N3O2S. The second-order valence-corrected chi connectivity index (χ2v) is 7.61. The molecule has 0 atom stereocenters. The van der Waals surface area contributed by atoms with E-state index in [1.165, 1.54) is 5.56 Å². The van der Waals surface area contributed by atoms with Gasteiger partial charge in [0.05, 0.1) is 5.75 Å². The van der Waals surface area contributed by atoms with Crippen LogP contribution >= 0.6 is 0 Å². The van der Waals surface area contributed by atoms with Crippen LogP contribution in [0.1, 0.15) is 12.5 Å². The van der Waals surface area contributed by atoms with E-state index in [2.05, 4.69) is 21.6 Å². The van der Waals surface area contributed by atoms with E-state index < -0.39 is 10.0 Å². The first-order chi connectivity index (χ1) is 9.98. The van der Waals surface area contributed by atoms with Gasteiger partial charge in [0.2, 0.25) is 10.0 Å². The van der Waals surface area contributed by atoms with Crippen molar-refractivity contribution in [1.29, 1.82) is 0 Å². The third kappa shape index (κ3) is 5.30. The highest BCUT2D eigenvalue weighted by Gasteiger charge is 2.13. The first-order valence-electron chi connectivity index (χ1n) is 7.49. The molecule has 1 heterocycles. The molecule has 0 aliphatic carbocycles. The molecular weight excluding hydrogens is 286 g/mol. The van der Waals surface area contributed by atoms with Crippen molar-refractivity contribution in [3.05, 3.63) is 29.8 Å². The minimum Gasteiger partial charge on any atom is -0.304 e. The molecule has 1 fully saturated rings. The zero-order chi connectivity index (χ0) is 15.3. The Labute approximate surface area is 128 Å². The number of benzene rings is 1. The molecule has 0 amide bonds. The zero-order valence-corrected chi connectivity index (χ0v) is 13.7. The third-order valence-corrected chi connectivity index (χ3v) is 5.23. The summed E-state index contributed by atoms with van der Waals surface area (Å²) in [6.45, 7) is 7.23. The van der Waals surface area contributed by atoms with E-state index in [1.54, 1.807) is 6.92 Å². The Morgan fingerprint density at radius 2 is 1.71 bits per heavy atom. The second kappa shape index (κ2) is 7.24. The molecule has 1 aliphatic rings. The fraction of sp³-hybridized carbons (Fsp3) is 0.600. The molecule has 6 heteroatoms. The van der Waals surface area contributed by atoms with Gasteiger partial charge in [-0.15, -0.1) is 0 Å². The van der Waals surface area contributed by atoms with Gasteiger partial charge in [0.1, 0.15) is 0 Å². The molecule has 1 aromatic rings. The van der Waals surface area contributed by atoms with E-state index in [9.17, 15) is 8.42 Å². The van der Waals surface area contributed by atoms with Crippen LogP contribution in [0, 0.1) is 0 Å². The van der Waals surface area contributed by atoms with Gasteiger partial charge in [0.25, 0.3) is 0 Å². The Bertz CT molecular complexity index is 535. The summed E-state index contributed by atoms with van der Waals surface area (Å²) in [5, 5.41) is 0. The van der Waals surface area contributed by atoms with Crippen molar-refractivity contribution in [1.82, 2.24) is 9.80 Å². The standard InChI is InChI=1S/C15H25N3O2S/c1-3-21(19,20)16-15-6-4-14(5-7-15)8-9-18-12-10-17(2)11-13-18/h4-7,16H,3,8-13H2,1-2H3. The van der Waals surface area contributed by atoms with Crippen molar-refractivity contribution >= 4 is 15.7 Å². The average molecular weight is 311 g/mol. The Hall–Kier alpha value is -1.11. The van der Waals surface area contributed by atoms with Crippen molar-refractivity contribution in [2.75, 3.05) is 50.2 Å². The molecule has 1 aliphatic heterocycles. The molecule has 2 rings (SSSR count). The van der Waals surface area contributed by atoms with Crippen molar-refractivity contribution in [3.8, 4) is 0 Å². The van der Waals surface area contributed by atoms with E-state index in [0.29, 0.717) is 5.69 Å². The normalized spacial score (nSPS) is 17.8. The molecule has 118 valence electrons. The summed E-state index contributed by atoms with van der Waals surface area (Å²) < 4.78 is 25.5. The van der Waals surface area contributed by atoms with Gasteiger partial charge in [-0.25, -0.2) is 8.42 Å². The summed E-state index contributed by atoms with van der Waals surface area (Å²) in [4.78, 5) is 4.83. The predicted molar refractivity (Wildman–Crippen MR) is 87.2 cm³/mol. The Kier molecular flexibility index (Phi) is 5.61. The third-order valence-electron chi connectivity index (χ3n) is 3.92. The number of sulfonamides is 1. The predicted octanol–water partition coefficient (Wildman–Crippen LogP) is 1.24. The lowest BCUT2D eigenvalue weighted by Crippen LogP contribution is -2.45. The summed E-state index contributed by atoms with van der Waals surface area (Å²) in [7, 11) is -1.02. The highest BCUT2D eigenvalue weighted by molar-refractivity contribution is 7.92. The van der Waals surface area contributed by atoms with Crippen LogP contribution in [0.3, 0.4) is 0 Å². The van der Waals surface area contributed by atoms with Crippen LogP contribution in [0.15, 0.2) is 24.3 Å².